The molecule has 56 valence electrons. The van der Waals surface area contributed by atoms with Gasteiger partial charge in [-0.2, -0.15) is 5.26 Å². The number of allylic oxidation sites excluding steroid dienone is 1. The molecule has 0 bridgehead atoms. The molecule has 0 aliphatic carbocycles. The molecule has 0 aromatic rings. The van der Waals surface area contributed by atoms with Gasteiger partial charge in [-0.15, -0.1) is 11.6 Å². The molecule has 0 amide bonds. The number of alkyl halides is 1. The maximum absolute atomic E-state index is 8.35. The second-order valence-corrected chi connectivity index (χ2v) is 3.11. The molecule has 0 aliphatic heterocycles. The second-order valence-electron chi connectivity index (χ2n) is 2.58. The average molecular weight is 158 g/mol. The van der Waals surface area contributed by atoms with Crippen molar-refractivity contribution in [2.24, 2.45) is 5.92 Å². The largest absolute Gasteiger partial charge is 0.197 e. The van der Waals surface area contributed by atoms with Gasteiger partial charge in [0.05, 0.1) is 6.07 Å². The van der Waals surface area contributed by atoms with Gasteiger partial charge in [-0.05, 0) is 19.3 Å². The Morgan fingerprint density at radius 3 is 2.60 bits per heavy atom. The van der Waals surface area contributed by atoms with Crippen molar-refractivity contribution >= 4 is 11.6 Å². The quantitative estimate of drug-likeness (QED) is 0.457. The summed E-state index contributed by atoms with van der Waals surface area (Å²) in [5.74, 6) is 0.349. The molecule has 0 N–H and O–H groups in total. The Balaban J connectivity index is 3.70. The molecule has 0 spiro atoms. The normalized spacial score (nSPS) is 15.4. The van der Waals surface area contributed by atoms with Gasteiger partial charge in [-0.25, -0.2) is 0 Å². The van der Waals surface area contributed by atoms with Crippen molar-refractivity contribution in [1.29, 1.82) is 5.26 Å². The number of nitrogens with zero attached hydrogens (tertiary/aromatic N) is 1. The molecule has 0 aromatic carbocycles. The van der Waals surface area contributed by atoms with Gasteiger partial charge in [0.25, 0.3) is 0 Å². The van der Waals surface area contributed by atoms with Crippen molar-refractivity contribution in [2.45, 2.75) is 25.6 Å². The summed E-state index contributed by atoms with van der Waals surface area (Å²) in [4.78, 5) is 0. The van der Waals surface area contributed by atoms with Crippen LogP contribution in [0.2, 0.25) is 0 Å². The second kappa shape index (κ2) is 4.35. The fourth-order valence-electron chi connectivity index (χ4n) is 0.564. The van der Waals surface area contributed by atoms with Crippen LogP contribution in [0.25, 0.3) is 0 Å². The van der Waals surface area contributed by atoms with Gasteiger partial charge in [0.1, 0.15) is 5.38 Å². The van der Waals surface area contributed by atoms with Crippen LogP contribution in [0.5, 0.6) is 0 Å². The zero-order valence-electron chi connectivity index (χ0n) is 6.39. The Bertz CT molecular complexity index is 157. The summed E-state index contributed by atoms with van der Waals surface area (Å²) >= 11 is 5.60. The van der Waals surface area contributed by atoms with Crippen LogP contribution < -0.4 is 0 Å². The lowest BCUT2D eigenvalue weighted by Gasteiger charge is -2.09. The first-order valence-corrected chi connectivity index (χ1v) is 3.70. The minimum absolute atomic E-state index is 0.349. The van der Waals surface area contributed by atoms with Gasteiger partial charge >= 0.3 is 0 Å². The fourth-order valence-corrected chi connectivity index (χ4v) is 0.832. The molecular formula is C8H12ClN. The zero-order valence-corrected chi connectivity index (χ0v) is 7.15. The number of hydrogen-bond donors (Lipinski definition) is 0. The standard InChI is InChI=1S/C8H12ClN/c1-6(2)7(3)4-8(9)5-10/h7-8H,1,4H2,2-3H3/t7-,8-/m0/s1. The van der Waals surface area contributed by atoms with E-state index in [0.717, 1.165) is 5.57 Å². The fraction of sp³-hybridized carbons (Fsp3) is 0.625. The third-order valence-corrected chi connectivity index (χ3v) is 1.82. The van der Waals surface area contributed by atoms with Gasteiger partial charge < -0.3 is 0 Å². The highest BCUT2D eigenvalue weighted by molar-refractivity contribution is 6.22. The first-order valence-electron chi connectivity index (χ1n) is 3.27. The molecular weight excluding hydrogens is 146 g/mol. The molecule has 0 saturated heterocycles. The minimum atomic E-state index is -0.369. The molecule has 0 aromatic heterocycles. The summed E-state index contributed by atoms with van der Waals surface area (Å²) in [6, 6.07) is 1.98. The molecule has 0 saturated carbocycles. The molecule has 1 nitrogen and oxygen atoms in total. The Labute approximate surface area is 67.3 Å². The highest BCUT2D eigenvalue weighted by Crippen LogP contribution is 2.16. The Kier molecular flexibility index (Phi) is 4.14. The highest BCUT2D eigenvalue weighted by atomic mass is 35.5. The van der Waals surface area contributed by atoms with Crippen LogP contribution in [0.15, 0.2) is 12.2 Å². The maximum Gasteiger partial charge on any atom is 0.121 e. The molecule has 0 aliphatic rings. The van der Waals surface area contributed by atoms with E-state index in [9.17, 15) is 0 Å². The summed E-state index contributed by atoms with van der Waals surface area (Å²) in [5, 5.41) is 7.99. The number of halogens is 1. The average Bonchev–Trinajstić information content (AvgIpc) is 1.87. The van der Waals surface area contributed by atoms with E-state index in [4.69, 9.17) is 16.9 Å². The van der Waals surface area contributed by atoms with E-state index in [1.54, 1.807) is 0 Å². The lowest BCUT2D eigenvalue weighted by molar-refractivity contribution is 0.631. The predicted octanol–water partition coefficient (Wildman–Crippen LogP) is 2.72. The van der Waals surface area contributed by atoms with E-state index in [1.807, 2.05) is 19.9 Å². The Hall–Kier alpha value is -0.480. The van der Waals surface area contributed by atoms with Crippen LogP contribution in [-0.4, -0.2) is 5.38 Å². The van der Waals surface area contributed by atoms with Crippen LogP contribution in [0.3, 0.4) is 0 Å². The van der Waals surface area contributed by atoms with Crippen LogP contribution in [0.1, 0.15) is 20.3 Å². The van der Waals surface area contributed by atoms with Crippen LogP contribution in [0.4, 0.5) is 0 Å². The summed E-state index contributed by atoms with van der Waals surface area (Å²) in [7, 11) is 0. The number of hydrogen-bond acceptors (Lipinski definition) is 1. The lowest BCUT2D eigenvalue weighted by Crippen LogP contribution is -2.03. The van der Waals surface area contributed by atoms with Crippen molar-refractivity contribution in [1.82, 2.24) is 0 Å². The zero-order chi connectivity index (χ0) is 8.15. The van der Waals surface area contributed by atoms with Gasteiger partial charge in [0, 0.05) is 0 Å². The van der Waals surface area contributed by atoms with Crippen molar-refractivity contribution in [3.63, 3.8) is 0 Å². The molecule has 10 heavy (non-hydrogen) atoms. The van der Waals surface area contributed by atoms with E-state index >= 15 is 0 Å². The van der Waals surface area contributed by atoms with Crippen molar-refractivity contribution in [2.75, 3.05) is 0 Å². The topological polar surface area (TPSA) is 23.8 Å². The molecule has 0 radical (unpaired) electrons. The van der Waals surface area contributed by atoms with Crippen LogP contribution in [-0.2, 0) is 0 Å². The van der Waals surface area contributed by atoms with Crippen molar-refractivity contribution in [3.05, 3.63) is 12.2 Å². The number of rotatable bonds is 3. The van der Waals surface area contributed by atoms with E-state index in [-0.39, 0.29) is 5.38 Å². The molecule has 0 fully saturated rings. The summed E-state index contributed by atoms with van der Waals surface area (Å²) in [6.45, 7) is 7.75. The van der Waals surface area contributed by atoms with Gasteiger partial charge in [-0.1, -0.05) is 19.1 Å². The third-order valence-electron chi connectivity index (χ3n) is 1.54. The first-order chi connectivity index (χ1) is 4.57. The van der Waals surface area contributed by atoms with E-state index in [1.165, 1.54) is 0 Å². The molecule has 0 rings (SSSR count). The smallest absolute Gasteiger partial charge is 0.121 e. The SMILES string of the molecule is C=C(C)[C@@H](C)C[C@H](Cl)C#N. The van der Waals surface area contributed by atoms with Crippen LogP contribution >= 0.6 is 11.6 Å². The summed E-state index contributed by atoms with van der Waals surface area (Å²) in [5.41, 5.74) is 1.08. The number of nitriles is 1. The molecule has 0 unspecified atom stereocenters. The van der Waals surface area contributed by atoms with Crippen LogP contribution in [0, 0.1) is 17.2 Å². The summed E-state index contributed by atoms with van der Waals surface area (Å²) < 4.78 is 0. The lowest BCUT2D eigenvalue weighted by atomic mass is 9.99. The van der Waals surface area contributed by atoms with E-state index < -0.39 is 0 Å². The molecule has 2 atom stereocenters. The molecule has 2 heteroatoms. The van der Waals surface area contributed by atoms with Crippen molar-refractivity contribution in [3.8, 4) is 6.07 Å². The first kappa shape index (κ1) is 9.52. The van der Waals surface area contributed by atoms with Gasteiger partial charge in [0.15, 0.2) is 0 Å². The Morgan fingerprint density at radius 1 is 1.80 bits per heavy atom. The van der Waals surface area contributed by atoms with Crippen molar-refractivity contribution < 1.29 is 0 Å². The minimum Gasteiger partial charge on any atom is -0.197 e. The Morgan fingerprint density at radius 2 is 2.30 bits per heavy atom. The maximum atomic E-state index is 8.35. The predicted molar refractivity (Wildman–Crippen MR) is 43.8 cm³/mol. The van der Waals surface area contributed by atoms with E-state index in [0.29, 0.717) is 12.3 Å². The molecule has 0 heterocycles. The van der Waals surface area contributed by atoms with Gasteiger partial charge in [0.2, 0.25) is 0 Å². The van der Waals surface area contributed by atoms with E-state index in [2.05, 4.69) is 6.58 Å². The highest BCUT2D eigenvalue weighted by Gasteiger charge is 2.08. The third kappa shape index (κ3) is 3.53. The van der Waals surface area contributed by atoms with Gasteiger partial charge in [-0.3, -0.25) is 0 Å². The summed E-state index contributed by atoms with van der Waals surface area (Å²) in [6.07, 6.45) is 0.702. The monoisotopic (exact) mass is 157 g/mol.